The summed E-state index contributed by atoms with van der Waals surface area (Å²) in [6.07, 6.45) is 2.18. The number of nitrogens with zero attached hydrogens (tertiary/aromatic N) is 1. The Kier molecular flexibility index (Phi) is 6.19. The molecule has 0 unspecified atom stereocenters. The van der Waals surface area contributed by atoms with Crippen molar-refractivity contribution in [1.82, 2.24) is 10.6 Å². The Hall–Kier alpha value is -2.09. The van der Waals surface area contributed by atoms with Crippen molar-refractivity contribution in [2.75, 3.05) is 29.7 Å². The first-order chi connectivity index (χ1) is 11.4. The second kappa shape index (κ2) is 8.14. The summed E-state index contributed by atoms with van der Waals surface area (Å²) in [5.74, 6) is -0.140. The van der Waals surface area contributed by atoms with E-state index in [1.54, 1.807) is 24.3 Å². The lowest BCUT2D eigenvalue weighted by atomic mass is 10.2. The molecule has 24 heavy (non-hydrogen) atoms. The van der Waals surface area contributed by atoms with Gasteiger partial charge in [0.15, 0.2) is 0 Å². The van der Waals surface area contributed by atoms with Gasteiger partial charge in [0, 0.05) is 32.1 Å². The standard InChI is InChI=1S/C16H23N3O4S/c1-13(20)17-9-4-10-18-16(21)14-5-7-15(8-6-14)19-11-2-3-12-24(19,22)23/h5-8H,2-4,9-12H2,1H3,(H,17,20)(H,18,21). The number of anilines is 1. The van der Waals surface area contributed by atoms with Crippen LogP contribution in [0.5, 0.6) is 0 Å². The van der Waals surface area contributed by atoms with Crippen molar-refractivity contribution >= 4 is 27.5 Å². The van der Waals surface area contributed by atoms with Crippen LogP contribution in [0.3, 0.4) is 0 Å². The lowest BCUT2D eigenvalue weighted by Crippen LogP contribution is -2.37. The zero-order valence-electron chi connectivity index (χ0n) is 13.7. The average molecular weight is 353 g/mol. The predicted molar refractivity (Wildman–Crippen MR) is 92.4 cm³/mol. The Morgan fingerprint density at radius 2 is 1.75 bits per heavy atom. The highest BCUT2D eigenvalue weighted by molar-refractivity contribution is 7.92. The number of sulfonamides is 1. The van der Waals surface area contributed by atoms with Gasteiger partial charge in [-0.05, 0) is 43.5 Å². The Morgan fingerprint density at radius 1 is 1.08 bits per heavy atom. The number of carbonyl (C=O) groups is 2. The summed E-state index contributed by atoms with van der Waals surface area (Å²) in [5, 5.41) is 5.42. The van der Waals surface area contributed by atoms with Crippen LogP contribution in [-0.4, -0.2) is 45.6 Å². The van der Waals surface area contributed by atoms with Gasteiger partial charge in [-0.15, -0.1) is 0 Å². The molecule has 0 aromatic heterocycles. The van der Waals surface area contributed by atoms with E-state index in [9.17, 15) is 18.0 Å². The molecule has 2 N–H and O–H groups in total. The van der Waals surface area contributed by atoms with E-state index in [0.717, 1.165) is 6.42 Å². The van der Waals surface area contributed by atoms with Crippen LogP contribution in [0.4, 0.5) is 5.69 Å². The summed E-state index contributed by atoms with van der Waals surface area (Å²) in [6, 6.07) is 6.58. The molecule has 2 rings (SSSR count). The molecule has 0 bridgehead atoms. The molecular formula is C16H23N3O4S. The van der Waals surface area contributed by atoms with E-state index in [2.05, 4.69) is 10.6 Å². The van der Waals surface area contributed by atoms with Crippen molar-refractivity contribution in [2.24, 2.45) is 0 Å². The molecule has 1 aliphatic heterocycles. The first-order valence-electron chi connectivity index (χ1n) is 8.03. The fourth-order valence-electron chi connectivity index (χ4n) is 2.51. The van der Waals surface area contributed by atoms with E-state index in [0.29, 0.717) is 43.7 Å². The van der Waals surface area contributed by atoms with Gasteiger partial charge < -0.3 is 10.6 Å². The van der Waals surface area contributed by atoms with Gasteiger partial charge in [0.05, 0.1) is 11.4 Å². The van der Waals surface area contributed by atoms with Gasteiger partial charge in [0.1, 0.15) is 0 Å². The summed E-state index contributed by atoms with van der Waals surface area (Å²) in [4.78, 5) is 22.8. The summed E-state index contributed by atoms with van der Waals surface area (Å²) in [6.45, 7) is 2.91. The molecule has 0 aliphatic carbocycles. The molecule has 132 valence electrons. The fourth-order valence-corrected chi connectivity index (χ4v) is 4.15. The van der Waals surface area contributed by atoms with Gasteiger partial charge in [-0.2, -0.15) is 0 Å². The third kappa shape index (κ3) is 4.95. The molecule has 1 aromatic rings. The van der Waals surface area contributed by atoms with Crippen molar-refractivity contribution in [2.45, 2.75) is 26.2 Å². The molecule has 0 atom stereocenters. The Labute approximate surface area is 142 Å². The fraction of sp³-hybridized carbons (Fsp3) is 0.500. The molecule has 1 heterocycles. The van der Waals surface area contributed by atoms with E-state index in [-0.39, 0.29) is 17.6 Å². The highest BCUT2D eigenvalue weighted by atomic mass is 32.2. The molecule has 1 aromatic carbocycles. The summed E-state index contributed by atoms with van der Waals surface area (Å²) in [7, 11) is -3.24. The van der Waals surface area contributed by atoms with Crippen LogP contribution in [0.25, 0.3) is 0 Å². The smallest absolute Gasteiger partial charge is 0.251 e. The number of benzene rings is 1. The van der Waals surface area contributed by atoms with E-state index in [4.69, 9.17) is 0 Å². The van der Waals surface area contributed by atoms with Gasteiger partial charge in [-0.1, -0.05) is 0 Å². The Bertz CT molecular complexity index is 686. The van der Waals surface area contributed by atoms with Gasteiger partial charge in [-0.25, -0.2) is 8.42 Å². The lowest BCUT2D eigenvalue weighted by molar-refractivity contribution is -0.118. The average Bonchev–Trinajstić information content (AvgIpc) is 2.54. The zero-order chi connectivity index (χ0) is 17.6. The van der Waals surface area contributed by atoms with Gasteiger partial charge in [-0.3, -0.25) is 13.9 Å². The van der Waals surface area contributed by atoms with Crippen LogP contribution >= 0.6 is 0 Å². The normalized spacial score (nSPS) is 16.5. The van der Waals surface area contributed by atoms with Crippen molar-refractivity contribution < 1.29 is 18.0 Å². The second-order valence-electron chi connectivity index (χ2n) is 5.73. The highest BCUT2D eigenvalue weighted by Crippen LogP contribution is 2.23. The molecule has 0 saturated carbocycles. The topological polar surface area (TPSA) is 95.6 Å². The number of rotatable bonds is 6. The third-order valence-electron chi connectivity index (χ3n) is 3.78. The molecule has 8 heteroatoms. The number of carbonyl (C=O) groups excluding carboxylic acids is 2. The zero-order valence-corrected chi connectivity index (χ0v) is 14.6. The second-order valence-corrected chi connectivity index (χ2v) is 7.75. The Morgan fingerprint density at radius 3 is 2.38 bits per heavy atom. The Balaban J connectivity index is 1.89. The predicted octanol–water partition coefficient (Wildman–Crippen LogP) is 0.873. The number of hydrogen-bond donors (Lipinski definition) is 2. The van der Waals surface area contributed by atoms with Crippen molar-refractivity contribution in [3.8, 4) is 0 Å². The van der Waals surface area contributed by atoms with Crippen molar-refractivity contribution in [1.29, 1.82) is 0 Å². The van der Waals surface area contributed by atoms with Gasteiger partial charge >= 0.3 is 0 Å². The molecule has 0 spiro atoms. The summed E-state index contributed by atoms with van der Waals surface area (Å²) >= 11 is 0. The quantitative estimate of drug-likeness (QED) is 0.742. The SMILES string of the molecule is CC(=O)NCCCNC(=O)c1ccc(N2CCCCS2(=O)=O)cc1. The molecular weight excluding hydrogens is 330 g/mol. The van der Waals surface area contributed by atoms with Gasteiger partial charge in [0.25, 0.3) is 5.91 Å². The maximum absolute atomic E-state index is 12.1. The molecule has 1 aliphatic rings. The maximum Gasteiger partial charge on any atom is 0.251 e. The first kappa shape index (κ1) is 18.3. The van der Waals surface area contributed by atoms with Crippen LogP contribution in [0.1, 0.15) is 36.5 Å². The van der Waals surface area contributed by atoms with E-state index < -0.39 is 10.0 Å². The van der Waals surface area contributed by atoms with E-state index in [1.165, 1.54) is 11.2 Å². The largest absolute Gasteiger partial charge is 0.356 e. The highest BCUT2D eigenvalue weighted by Gasteiger charge is 2.25. The van der Waals surface area contributed by atoms with E-state index in [1.807, 2.05) is 0 Å². The maximum atomic E-state index is 12.1. The lowest BCUT2D eigenvalue weighted by Gasteiger charge is -2.28. The monoisotopic (exact) mass is 353 g/mol. The molecule has 1 saturated heterocycles. The van der Waals surface area contributed by atoms with Crippen LogP contribution in [0, 0.1) is 0 Å². The van der Waals surface area contributed by atoms with Crippen LogP contribution in [0.2, 0.25) is 0 Å². The van der Waals surface area contributed by atoms with Crippen LogP contribution in [0.15, 0.2) is 24.3 Å². The van der Waals surface area contributed by atoms with Crippen LogP contribution in [-0.2, 0) is 14.8 Å². The van der Waals surface area contributed by atoms with E-state index >= 15 is 0 Å². The molecule has 2 amide bonds. The number of amides is 2. The first-order valence-corrected chi connectivity index (χ1v) is 9.64. The minimum atomic E-state index is -3.24. The molecule has 1 fully saturated rings. The van der Waals surface area contributed by atoms with Crippen molar-refractivity contribution in [3.05, 3.63) is 29.8 Å². The minimum absolute atomic E-state index is 0.0930. The number of nitrogens with one attached hydrogen (secondary N) is 2. The van der Waals surface area contributed by atoms with Gasteiger partial charge in [0.2, 0.25) is 15.9 Å². The summed E-state index contributed by atoms with van der Waals surface area (Å²) in [5.41, 5.74) is 1.07. The summed E-state index contributed by atoms with van der Waals surface area (Å²) < 4.78 is 25.5. The number of hydrogen-bond acceptors (Lipinski definition) is 4. The third-order valence-corrected chi connectivity index (χ3v) is 5.65. The van der Waals surface area contributed by atoms with Crippen molar-refractivity contribution in [3.63, 3.8) is 0 Å². The minimum Gasteiger partial charge on any atom is -0.356 e. The molecule has 0 radical (unpaired) electrons. The van der Waals surface area contributed by atoms with Crippen LogP contribution < -0.4 is 14.9 Å². The molecule has 7 nitrogen and oxygen atoms in total.